The highest BCUT2D eigenvalue weighted by Crippen LogP contribution is 2.41. The van der Waals surface area contributed by atoms with Crippen LogP contribution in [0, 0.1) is 11.7 Å². The van der Waals surface area contributed by atoms with Gasteiger partial charge in [0.05, 0.1) is 21.9 Å². The zero-order valence-electron chi connectivity index (χ0n) is 9.96. The number of hydrogen-bond donors (Lipinski definition) is 0. The summed E-state index contributed by atoms with van der Waals surface area (Å²) in [5.41, 5.74) is 1.50. The van der Waals surface area contributed by atoms with Crippen LogP contribution in [0.15, 0.2) is 12.1 Å². The van der Waals surface area contributed by atoms with Crippen LogP contribution in [0.4, 0.5) is 4.39 Å². The number of hydrogen-bond acceptors (Lipinski definition) is 1. The highest BCUT2D eigenvalue weighted by Gasteiger charge is 2.31. The van der Waals surface area contributed by atoms with Crippen molar-refractivity contribution in [2.45, 2.75) is 31.7 Å². The van der Waals surface area contributed by atoms with Gasteiger partial charge in [-0.15, -0.1) is 11.6 Å². The molecule has 1 fully saturated rings. The first kappa shape index (κ1) is 12.2. The van der Waals surface area contributed by atoms with E-state index in [0.717, 1.165) is 11.3 Å². The van der Waals surface area contributed by atoms with Crippen LogP contribution in [-0.2, 0) is 5.88 Å². The van der Waals surface area contributed by atoms with Crippen molar-refractivity contribution in [3.05, 3.63) is 28.8 Å². The van der Waals surface area contributed by atoms with Crippen molar-refractivity contribution in [2.24, 2.45) is 5.92 Å². The molecule has 0 aliphatic heterocycles. The molecule has 1 aromatic heterocycles. The van der Waals surface area contributed by atoms with Crippen molar-refractivity contribution in [3.8, 4) is 0 Å². The van der Waals surface area contributed by atoms with Crippen molar-refractivity contribution in [2.75, 3.05) is 0 Å². The standard InChI is InChI=1S/C13H13Cl2FN2/c1-7(8-2-3-8)18-12-5-10(16)9(15)4-11(12)17-13(18)6-14/h4-5,7-8H,2-3,6H2,1H3. The third-order valence-corrected chi connectivity index (χ3v) is 4.16. The lowest BCUT2D eigenvalue weighted by molar-refractivity contribution is 0.485. The Bertz CT molecular complexity index is 605. The molecule has 1 heterocycles. The maximum Gasteiger partial charge on any atom is 0.144 e. The fraction of sp³-hybridized carbons (Fsp3) is 0.462. The number of nitrogens with zero attached hydrogens (tertiary/aromatic N) is 2. The maximum atomic E-state index is 13.6. The van der Waals surface area contributed by atoms with Gasteiger partial charge in [-0.05, 0) is 31.7 Å². The Hall–Kier alpha value is -0.800. The summed E-state index contributed by atoms with van der Waals surface area (Å²) < 4.78 is 15.7. The molecule has 0 spiro atoms. The van der Waals surface area contributed by atoms with E-state index in [0.29, 0.717) is 23.4 Å². The maximum absolute atomic E-state index is 13.6. The van der Waals surface area contributed by atoms with E-state index in [-0.39, 0.29) is 5.02 Å². The van der Waals surface area contributed by atoms with E-state index >= 15 is 0 Å². The Kier molecular flexibility index (Phi) is 2.99. The summed E-state index contributed by atoms with van der Waals surface area (Å²) >= 11 is 11.7. The van der Waals surface area contributed by atoms with Crippen LogP contribution in [0.3, 0.4) is 0 Å². The average molecular weight is 287 g/mol. The molecule has 0 saturated heterocycles. The normalized spacial score (nSPS) is 17.3. The van der Waals surface area contributed by atoms with E-state index in [4.69, 9.17) is 23.2 Å². The van der Waals surface area contributed by atoms with Crippen LogP contribution in [-0.4, -0.2) is 9.55 Å². The molecule has 2 nitrogen and oxygen atoms in total. The molecule has 1 aliphatic rings. The second-order valence-electron chi connectivity index (χ2n) is 4.86. The molecule has 3 rings (SSSR count). The van der Waals surface area contributed by atoms with Crippen molar-refractivity contribution < 1.29 is 4.39 Å². The van der Waals surface area contributed by atoms with Gasteiger partial charge in [0.1, 0.15) is 11.6 Å². The largest absolute Gasteiger partial charge is 0.324 e. The third kappa shape index (κ3) is 1.90. The minimum absolute atomic E-state index is 0.104. The molecule has 1 saturated carbocycles. The average Bonchev–Trinajstić information content (AvgIpc) is 3.12. The van der Waals surface area contributed by atoms with Crippen molar-refractivity contribution in [1.29, 1.82) is 0 Å². The van der Waals surface area contributed by atoms with Gasteiger partial charge in [-0.2, -0.15) is 0 Å². The first-order valence-electron chi connectivity index (χ1n) is 6.03. The molecule has 18 heavy (non-hydrogen) atoms. The van der Waals surface area contributed by atoms with Crippen molar-refractivity contribution in [3.63, 3.8) is 0 Å². The van der Waals surface area contributed by atoms with Crippen LogP contribution in [0.5, 0.6) is 0 Å². The lowest BCUT2D eigenvalue weighted by Gasteiger charge is -2.16. The highest BCUT2D eigenvalue weighted by molar-refractivity contribution is 6.31. The molecule has 1 aromatic carbocycles. The third-order valence-electron chi connectivity index (χ3n) is 3.64. The SMILES string of the molecule is CC(C1CC1)n1c(CCl)nc2cc(Cl)c(F)cc21. The topological polar surface area (TPSA) is 17.8 Å². The molecule has 1 aliphatic carbocycles. The van der Waals surface area contributed by atoms with Crippen molar-refractivity contribution >= 4 is 34.2 Å². The van der Waals surface area contributed by atoms with Crippen LogP contribution >= 0.6 is 23.2 Å². The number of alkyl halides is 1. The summed E-state index contributed by atoms with van der Waals surface area (Å²) in [5, 5.41) is 0.104. The van der Waals surface area contributed by atoms with E-state index in [1.807, 2.05) is 0 Å². The molecule has 5 heteroatoms. The first-order chi connectivity index (χ1) is 8.61. The number of fused-ring (bicyclic) bond motifs is 1. The van der Waals surface area contributed by atoms with Gasteiger partial charge in [0.15, 0.2) is 0 Å². The molecule has 2 aromatic rings. The van der Waals surface area contributed by atoms with E-state index in [2.05, 4.69) is 16.5 Å². The van der Waals surface area contributed by atoms with Crippen LogP contribution in [0.1, 0.15) is 31.6 Å². The van der Waals surface area contributed by atoms with Gasteiger partial charge in [0, 0.05) is 12.1 Å². The van der Waals surface area contributed by atoms with E-state index in [9.17, 15) is 4.39 Å². The van der Waals surface area contributed by atoms with Gasteiger partial charge in [-0.25, -0.2) is 9.37 Å². The number of aromatic nitrogens is 2. The van der Waals surface area contributed by atoms with Crippen LogP contribution < -0.4 is 0 Å². The summed E-state index contributed by atoms with van der Waals surface area (Å²) in [6, 6.07) is 3.34. The minimum Gasteiger partial charge on any atom is -0.324 e. The zero-order chi connectivity index (χ0) is 12.9. The molecular weight excluding hydrogens is 274 g/mol. The van der Waals surface area contributed by atoms with Gasteiger partial charge < -0.3 is 4.57 Å². The Morgan fingerprint density at radius 1 is 1.50 bits per heavy atom. The predicted octanol–water partition coefficient (Wildman–Crippen LogP) is 4.54. The van der Waals surface area contributed by atoms with Gasteiger partial charge in [0.25, 0.3) is 0 Å². The second kappa shape index (κ2) is 4.39. The molecule has 0 amide bonds. The lowest BCUT2D eigenvalue weighted by atomic mass is 10.2. The Balaban J connectivity index is 2.22. The first-order valence-corrected chi connectivity index (χ1v) is 6.95. The van der Waals surface area contributed by atoms with Gasteiger partial charge >= 0.3 is 0 Å². The minimum atomic E-state index is -0.408. The molecule has 0 bridgehead atoms. The van der Waals surface area contributed by atoms with Crippen molar-refractivity contribution in [1.82, 2.24) is 9.55 Å². The lowest BCUT2D eigenvalue weighted by Crippen LogP contribution is -2.10. The molecular formula is C13H13Cl2FN2. The predicted molar refractivity (Wildman–Crippen MR) is 71.7 cm³/mol. The van der Waals surface area contributed by atoms with Crippen LogP contribution in [0.25, 0.3) is 11.0 Å². The van der Waals surface area contributed by atoms with Gasteiger partial charge in [0.2, 0.25) is 0 Å². The monoisotopic (exact) mass is 286 g/mol. The number of rotatable bonds is 3. The molecule has 0 radical (unpaired) electrons. The quantitative estimate of drug-likeness (QED) is 0.758. The Morgan fingerprint density at radius 3 is 2.83 bits per heavy atom. The molecule has 0 N–H and O–H groups in total. The van der Waals surface area contributed by atoms with E-state index in [1.165, 1.54) is 18.9 Å². The summed E-state index contributed by atoms with van der Waals surface area (Å²) in [4.78, 5) is 4.44. The smallest absolute Gasteiger partial charge is 0.144 e. The van der Waals surface area contributed by atoms with Gasteiger partial charge in [-0.3, -0.25) is 0 Å². The van der Waals surface area contributed by atoms with E-state index in [1.54, 1.807) is 6.07 Å². The number of benzene rings is 1. The Morgan fingerprint density at radius 2 is 2.22 bits per heavy atom. The molecule has 1 atom stereocenters. The summed E-state index contributed by atoms with van der Waals surface area (Å²) in [5.74, 6) is 1.36. The summed E-state index contributed by atoms with van der Waals surface area (Å²) in [7, 11) is 0. The zero-order valence-corrected chi connectivity index (χ0v) is 11.5. The van der Waals surface area contributed by atoms with Crippen LogP contribution in [0.2, 0.25) is 5.02 Å². The fourth-order valence-corrected chi connectivity index (χ4v) is 2.82. The number of halogens is 3. The Labute approximate surface area is 115 Å². The van der Waals surface area contributed by atoms with Gasteiger partial charge in [-0.1, -0.05) is 11.6 Å². The summed E-state index contributed by atoms with van der Waals surface area (Å²) in [6.07, 6.45) is 2.44. The summed E-state index contributed by atoms with van der Waals surface area (Å²) in [6.45, 7) is 2.14. The molecule has 96 valence electrons. The fourth-order valence-electron chi connectivity index (χ4n) is 2.48. The molecule has 1 unspecified atom stereocenters. The van der Waals surface area contributed by atoms with E-state index < -0.39 is 5.82 Å². The number of imidazole rings is 1. The second-order valence-corrected chi connectivity index (χ2v) is 5.54. The highest BCUT2D eigenvalue weighted by atomic mass is 35.5.